The predicted molar refractivity (Wildman–Crippen MR) is 115 cm³/mol. The van der Waals surface area contributed by atoms with E-state index in [9.17, 15) is 22.4 Å². The van der Waals surface area contributed by atoms with E-state index in [1.807, 2.05) is 0 Å². The van der Waals surface area contributed by atoms with Crippen molar-refractivity contribution in [2.45, 2.75) is 17.8 Å². The highest BCUT2D eigenvalue weighted by Crippen LogP contribution is 2.32. The predicted octanol–water partition coefficient (Wildman–Crippen LogP) is 5.27. The summed E-state index contributed by atoms with van der Waals surface area (Å²) in [6.45, 7) is 0. The molecule has 32 heavy (non-hydrogen) atoms. The molecule has 0 atom stereocenters. The first kappa shape index (κ1) is 22.3. The molecule has 0 fully saturated rings. The summed E-state index contributed by atoms with van der Waals surface area (Å²) in [5, 5.41) is 0.882. The van der Waals surface area contributed by atoms with Crippen molar-refractivity contribution in [1.82, 2.24) is 19.1 Å². The largest absolute Gasteiger partial charge is 0.419 e. The molecule has 11 heteroatoms. The molecule has 0 radical (unpaired) electrons. The molecule has 2 aromatic carbocycles. The van der Waals surface area contributed by atoms with Gasteiger partial charge in [-0.15, -0.1) is 0 Å². The number of benzene rings is 2. The van der Waals surface area contributed by atoms with E-state index >= 15 is 0 Å². The minimum atomic E-state index is -4.74. The number of aryl methyl sites for hydroxylation is 2. The molecule has 5 nitrogen and oxygen atoms in total. The molecule has 0 bridgehead atoms. The highest BCUT2D eigenvalue weighted by Gasteiger charge is 2.33. The summed E-state index contributed by atoms with van der Waals surface area (Å²) in [5.41, 5.74) is -0.0952. The van der Waals surface area contributed by atoms with Crippen LogP contribution in [0.15, 0.2) is 58.7 Å². The quantitative estimate of drug-likeness (QED) is 0.221. The van der Waals surface area contributed by atoms with Crippen LogP contribution in [0.3, 0.4) is 0 Å². The number of alkyl halides is 3. The number of thioether (sulfide) groups is 1. The maximum absolute atomic E-state index is 13.8. The Balaban J connectivity index is 1.65. The zero-order chi connectivity index (χ0) is 23.0. The van der Waals surface area contributed by atoms with Crippen molar-refractivity contribution < 1.29 is 17.6 Å². The first-order valence-electron chi connectivity index (χ1n) is 9.33. The number of hydrogen-bond acceptors (Lipinski definition) is 4. The summed E-state index contributed by atoms with van der Waals surface area (Å²) in [6, 6.07) is 9.50. The molecule has 0 saturated carbocycles. The first-order valence-corrected chi connectivity index (χ1v) is 10.7. The average Bonchev–Trinajstić information content (AvgIpc) is 3.09. The molecule has 0 saturated heterocycles. The fourth-order valence-electron chi connectivity index (χ4n) is 3.16. The van der Waals surface area contributed by atoms with Crippen LogP contribution in [0.4, 0.5) is 17.6 Å². The minimum Gasteiger partial charge on any atom is -0.318 e. The second-order valence-corrected chi connectivity index (χ2v) is 8.45. The van der Waals surface area contributed by atoms with Crippen LogP contribution >= 0.6 is 23.4 Å². The molecule has 0 amide bonds. The number of halogens is 5. The van der Waals surface area contributed by atoms with Crippen LogP contribution in [0.1, 0.15) is 11.1 Å². The van der Waals surface area contributed by atoms with Gasteiger partial charge >= 0.3 is 6.18 Å². The third kappa shape index (κ3) is 4.37. The number of nitrogens with zero attached hydrogens (tertiary/aromatic N) is 4. The molecule has 2 aromatic heterocycles. The number of fused-ring (bicyclic) bond motifs is 1. The fourth-order valence-corrected chi connectivity index (χ4v) is 4.27. The van der Waals surface area contributed by atoms with Crippen LogP contribution in [-0.2, 0) is 19.6 Å². The Morgan fingerprint density at radius 2 is 1.84 bits per heavy atom. The molecule has 0 N–H and O–H groups in total. The van der Waals surface area contributed by atoms with Crippen LogP contribution in [0.5, 0.6) is 0 Å². The SMILES string of the molecule is Cn1cnc2c(=O)n(-c3ccc(Cl)cc3)c(SCCc3ccc(C(F)(F)F)c(F)c3)nc21. The summed E-state index contributed by atoms with van der Waals surface area (Å²) in [6.07, 6.45) is -2.97. The van der Waals surface area contributed by atoms with E-state index < -0.39 is 17.6 Å². The summed E-state index contributed by atoms with van der Waals surface area (Å²) < 4.78 is 55.1. The lowest BCUT2D eigenvalue weighted by atomic mass is 10.1. The van der Waals surface area contributed by atoms with E-state index in [2.05, 4.69) is 9.97 Å². The van der Waals surface area contributed by atoms with Crippen molar-refractivity contribution in [3.63, 3.8) is 0 Å². The molecule has 0 aliphatic carbocycles. The molecule has 0 spiro atoms. The zero-order valence-corrected chi connectivity index (χ0v) is 18.1. The number of imidazole rings is 1. The van der Waals surface area contributed by atoms with Crippen molar-refractivity contribution in [3.8, 4) is 5.69 Å². The zero-order valence-electron chi connectivity index (χ0n) is 16.5. The van der Waals surface area contributed by atoms with Crippen molar-refractivity contribution in [2.75, 3.05) is 5.75 Å². The first-order chi connectivity index (χ1) is 15.1. The summed E-state index contributed by atoms with van der Waals surface area (Å²) >= 11 is 7.19. The van der Waals surface area contributed by atoms with Gasteiger partial charge in [0.2, 0.25) is 0 Å². The maximum atomic E-state index is 13.8. The fraction of sp³-hybridized carbons (Fsp3) is 0.190. The average molecular weight is 483 g/mol. The normalized spacial score (nSPS) is 11.9. The van der Waals surface area contributed by atoms with Gasteiger partial charge in [0, 0.05) is 17.8 Å². The number of hydrogen-bond donors (Lipinski definition) is 0. The smallest absolute Gasteiger partial charge is 0.318 e. The maximum Gasteiger partial charge on any atom is 0.419 e. The van der Waals surface area contributed by atoms with Crippen molar-refractivity contribution in [1.29, 1.82) is 0 Å². The highest BCUT2D eigenvalue weighted by molar-refractivity contribution is 7.99. The molecule has 0 unspecified atom stereocenters. The van der Waals surface area contributed by atoms with Gasteiger partial charge < -0.3 is 4.57 Å². The van der Waals surface area contributed by atoms with Crippen molar-refractivity contribution in [2.24, 2.45) is 7.05 Å². The Hall–Kier alpha value is -2.85. The van der Waals surface area contributed by atoms with Gasteiger partial charge in [-0.05, 0) is 48.4 Å². The van der Waals surface area contributed by atoms with E-state index in [4.69, 9.17) is 11.6 Å². The standard InChI is InChI=1S/C21H15ClF4N4OS/c1-29-11-27-17-18(29)28-20(30(19(17)31)14-5-3-13(22)4-6-14)32-9-8-12-2-7-15(16(23)10-12)21(24,25)26/h2-7,10-11H,8-9H2,1H3. The topological polar surface area (TPSA) is 52.7 Å². The number of aromatic nitrogens is 4. The Labute approximate surface area is 188 Å². The lowest BCUT2D eigenvalue weighted by molar-refractivity contribution is -0.140. The minimum absolute atomic E-state index is 0.205. The molecule has 166 valence electrons. The molecular formula is C21H15ClF4N4OS. The van der Waals surface area contributed by atoms with Gasteiger partial charge in [0.05, 0.1) is 17.6 Å². The Morgan fingerprint density at radius 1 is 1.12 bits per heavy atom. The molecule has 4 aromatic rings. The third-order valence-electron chi connectivity index (χ3n) is 4.75. The Kier molecular flexibility index (Phi) is 6.00. The highest BCUT2D eigenvalue weighted by atomic mass is 35.5. The summed E-state index contributed by atoms with van der Waals surface area (Å²) in [7, 11) is 1.72. The Bertz CT molecular complexity index is 1350. The van der Waals surface area contributed by atoms with E-state index in [1.54, 1.807) is 35.9 Å². The van der Waals surface area contributed by atoms with E-state index in [1.165, 1.54) is 28.7 Å². The van der Waals surface area contributed by atoms with Crippen LogP contribution < -0.4 is 5.56 Å². The molecular weight excluding hydrogens is 468 g/mol. The van der Waals surface area contributed by atoms with E-state index in [0.717, 1.165) is 12.1 Å². The number of rotatable bonds is 5. The molecule has 0 aliphatic heterocycles. The van der Waals surface area contributed by atoms with Crippen molar-refractivity contribution >= 4 is 34.5 Å². The lowest BCUT2D eigenvalue weighted by Gasteiger charge is -2.13. The lowest BCUT2D eigenvalue weighted by Crippen LogP contribution is -2.22. The van der Waals surface area contributed by atoms with Gasteiger partial charge in [-0.25, -0.2) is 14.4 Å². The van der Waals surface area contributed by atoms with Gasteiger partial charge in [-0.3, -0.25) is 9.36 Å². The summed E-state index contributed by atoms with van der Waals surface area (Å²) in [4.78, 5) is 21.8. The van der Waals surface area contributed by atoms with Crippen LogP contribution in [0.2, 0.25) is 5.02 Å². The van der Waals surface area contributed by atoms with Crippen LogP contribution in [0.25, 0.3) is 16.9 Å². The van der Waals surface area contributed by atoms with E-state index in [-0.39, 0.29) is 17.5 Å². The van der Waals surface area contributed by atoms with E-state index in [0.29, 0.717) is 32.8 Å². The second kappa shape index (κ2) is 8.59. The second-order valence-electron chi connectivity index (χ2n) is 6.95. The van der Waals surface area contributed by atoms with Gasteiger partial charge in [-0.1, -0.05) is 29.4 Å². The van der Waals surface area contributed by atoms with Gasteiger partial charge in [0.25, 0.3) is 5.56 Å². The Morgan fingerprint density at radius 3 is 2.50 bits per heavy atom. The van der Waals surface area contributed by atoms with Crippen LogP contribution in [0, 0.1) is 5.82 Å². The van der Waals surface area contributed by atoms with Crippen molar-refractivity contribution in [3.05, 3.63) is 81.1 Å². The van der Waals surface area contributed by atoms with Gasteiger partial charge in [-0.2, -0.15) is 13.2 Å². The summed E-state index contributed by atoms with van der Waals surface area (Å²) in [5.74, 6) is -0.957. The monoisotopic (exact) mass is 482 g/mol. The molecule has 2 heterocycles. The van der Waals surface area contributed by atoms with Gasteiger partial charge in [0.15, 0.2) is 16.3 Å². The van der Waals surface area contributed by atoms with Gasteiger partial charge in [0.1, 0.15) is 5.82 Å². The molecule has 4 rings (SSSR count). The van der Waals surface area contributed by atoms with Crippen LogP contribution in [-0.4, -0.2) is 24.9 Å². The third-order valence-corrected chi connectivity index (χ3v) is 5.94. The molecule has 0 aliphatic rings.